The molecule has 4 atom stereocenters. The van der Waals surface area contributed by atoms with E-state index in [1.165, 1.54) is 25.3 Å². The Morgan fingerprint density at radius 3 is 2.38 bits per heavy atom. The van der Waals surface area contributed by atoms with E-state index < -0.39 is 47.0 Å². The first kappa shape index (κ1) is 19.3. The lowest BCUT2D eigenvalue weighted by molar-refractivity contribution is -0.730. The number of methoxy groups -OCH3 is 1. The van der Waals surface area contributed by atoms with Crippen molar-refractivity contribution < 1.29 is 28.8 Å². The van der Waals surface area contributed by atoms with Gasteiger partial charge in [0.05, 0.1) is 12.8 Å². The van der Waals surface area contributed by atoms with Gasteiger partial charge in [0.25, 0.3) is 0 Å². The Hall–Kier alpha value is -3.06. The average Bonchev–Trinajstić information content (AvgIpc) is 3.17. The van der Waals surface area contributed by atoms with E-state index in [2.05, 4.69) is 0 Å². The van der Waals surface area contributed by atoms with Gasteiger partial charge in [-0.3, -0.25) is 9.59 Å². The number of hydrogen-bond acceptors (Lipinski definition) is 4. The van der Waals surface area contributed by atoms with Crippen LogP contribution < -0.4 is 10.2 Å². The van der Waals surface area contributed by atoms with Gasteiger partial charge in [-0.25, -0.2) is 14.1 Å². The number of hydrogen-bond donors (Lipinski definition) is 1. The number of fused-ring (bicyclic) bond motifs is 1. The molecule has 150 valence electrons. The van der Waals surface area contributed by atoms with E-state index in [0.29, 0.717) is 0 Å². The van der Waals surface area contributed by atoms with Crippen molar-refractivity contribution >= 4 is 23.5 Å². The van der Waals surface area contributed by atoms with Crippen molar-refractivity contribution in [3.8, 4) is 0 Å². The second kappa shape index (κ2) is 6.77. The highest BCUT2D eigenvalue weighted by molar-refractivity contribution is 6.23. The van der Waals surface area contributed by atoms with Crippen LogP contribution in [0.2, 0.25) is 0 Å². The number of carbonyl (C=O) groups is 3. The Labute approximate surface area is 167 Å². The second-order valence-corrected chi connectivity index (χ2v) is 7.84. The van der Waals surface area contributed by atoms with Gasteiger partial charge in [-0.15, -0.1) is 0 Å². The number of halogens is 1. The van der Waals surface area contributed by atoms with Crippen molar-refractivity contribution in [2.45, 2.75) is 25.4 Å². The molecule has 0 saturated carbocycles. The topological polar surface area (TPSA) is 80.3 Å². The largest absolute Gasteiger partial charge is 0.464 e. The molecule has 0 unspecified atom stereocenters. The van der Waals surface area contributed by atoms with E-state index in [4.69, 9.17) is 4.74 Å². The van der Waals surface area contributed by atoms with Gasteiger partial charge in [-0.1, -0.05) is 42.0 Å². The third-order valence-corrected chi connectivity index (χ3v) is 6.09. The number of aryl methyl sites for hydroxylation is 1. The van der Waals surface area contributed by atoms with Crippen molar-refractivity contribution in [2.75, 3.05) is 12.0 Å². The molecule has 29 heavy (non-hydrogen) atoms. The number of imide groups is 1. The van der Waals surface area contributed by atoms with E-state index in [1.54, 1.807) is 18.3 Å². The fraction of sp³-hybridized carbons (Fsp3) is 0.318. The second-order valence-electron chi connectivity index (χ2n) is 7.84. The number of rotatable bonds is 3. The molecule has 2 heterocycles. The molecule has 6 nitrogen and oxygen atoms in total. The number of anilines is 1. The average molecular weight is 397 g/mol. The van der Waals surface area contributed by atoms with Crippen LogP contribution in [0.4, 0.5) is 10.1 Å². The van der Waals surface area contributed by atoms with E-state index in [0.717, 1.165) is 16.0 Å². The zero-order chi connectivity index (χ0) is 20.9. The van der Waals surface area contributed by atoms with Gasteiger partial charge in [0.15, 0.2) is 0 Å². The molecule has 2 aromatic rings. The summed E-state index contributed by atoms with van der Waals surface area (Å²) in [6.07, 6.45) is 0. The van der Waals surface area contributed by atoms with Crippen LogP contribution in [0.25, 0.3) is 0 Å². The van der Waals surface area contributed by atoms with E-state index in [-0.39, 0.29) is 5.69 Å². The number of ether oxygens (including phenoxy) is 1. The SMILES string of the molecule is COC(=O)[C@@]1(C)[NH2+][C@H](c2ccc(C)cc2)[C@@H]2C(=O)N(c3ccccc3F)C(=O)[C@H]21. The maximum atomic E-state index is 14.4. The number of esters is 1. The summed E-state index contributed by atoms with van der Waals surface area (Å²) in [7, 11) is 1.26. The Bertz CT molecular complexity index is 1010. The van der Waals surface area contributed by atoms with E-state index in [1.807, 2.05) is 31.2 Å². The zero-order valence-corrected chi connectivity index (χ0v) is 16.4. The van der Waals surface area contributed by atoms with Crippen LogP contribution in [0.15, 0.2) is 48.5 Å². The van der Waals surface area contributed by atoms with Crippen LogP contribution in [0, 0.1) is 24.6 Å². The molecular weight excluding hydrogens is 375 g/mol. The molecule has 2 saturated heterocycles. The summed E-state index contributed by atoms with van der Waals surface area (Å²) >= 11 is 0. The number of nitrogens with zero attached hydrogens (tertiary/aromatic N) is 1. The van der Waals surface area contributed by atoms with Crippen LogP contribution in [0.5, 0.6) is 0 Å². The van der Waals surface area contributed by atoms with Crippen molar-refractivity contribution in [3.05, 3.63) is 65.5 Å². The van der Waals surface area contributed by atoms with E-state index in [9.17, 15) is 18.8 Å². The molecule has 0 radical (unpaired) electrons. The minimum absolute atomic E-state index is 0.0910. The lowest BCUT2D eigenvalue weighted by atomic mass is 9.80. The number of benzene rings is 2. The van der Waals surface area contributed by atoms with Crippen molar-refractivity contribution in [3.63, 3.8) is 0 Å². The molecule has 4 rings (SSSR count). The van der Waals surface area contributed by atoms with Crippen LogP contribution in [-0.4, -0.2) is 30.4 Å². The minimum atomic E-state index is -1.29. The molecule has 2 fully saturated rings. The molecule has 0 bridgehead atoms. The van der Waals surface area contributed by atoms with Crippen LogP contribution in [0.3, 0.4) is 0 Å². The highest BCUT2D eigenvalue weighted by atomic mass is 19.1. The van der Waals surface area contributed by atoms with Crippen LogP contribution in [0.1, 0.15) is 24.1 Å². The summed E-state index contributed by atoms with van der Waals surface area (Å²) in [6, 6.07) is 12.8. The first-order valence-electron chi connectivity index (χ1n) is 9.43. The van der Waals surface area contributed by atoms with Crippen molar-refractivity contribution in [1.29, 1.82) is 0 Å². The van der Waals surface area contributed by atoms with Gasteiger partial charge in [0, 0.05) is 12.5 Å². The maximum absolute atomic E-state index is 14.4. The van der Waals surface area contributed by atoms with Gasteiger partial charge < -0.3 is 10.1 Å². The summed E-state index contributed by atoms with van der Waals surface area (Å²) in [6.45, 7) is 3.56. The summed E-state index contributed by atoms with van der Waals surface area (Å²) in [5.74, 6) is -4.07. The molecule has 2 aliphatic heterocycles. The quantitative estimate of drug-likeness (QED) is 0.629. The number of amides is 2. The summed E-state index contributed by atoms with van der Waals surface area (Å²) in [5.41, 5.74) is 0.504. The molecule has 0 aliphatic carbocycles. The number of quaternary nitrogens is 1. The lowest BCUT2D eigenvalue weighted by Crippen LogP contribution is -2.97. The zero-order valence-electron chi connectivity index (χ0n) is 16.4. The first-order valence-corrected chi connectivity index (χ1v) is 9.43. The van der Waals surface area contributed by atoms with E-state index >= 15 is 0 Å². The summed E-state index contributed by atoms with van der Waals surface area (Å²) in [4.78, 5) is 40.2. The van der Waals surface area contributed by atoms with Gasteiger partial charge in [-0.2, -0.15) is 0 Å². The summed E-state index contributed by atoms with van der Waals surface area (Å²) < 4.78 is 19.4. The molecule has 2 aliphatic rings. The molecule has 2 amide bonds. The van der Waals surface area contributed by atoms with Crippen molar-refractivity contribution in [1.82, 2.24) is 0 Å². The first-order chi connectivity index (χ1) is 13.8. The van der Waals surface area contributed by atoms with Gasteiger partial charge >= 0.3 is 5.97 Å². The molecule has 0 aromatic heterocycles. The highest BCUT2D eigenvalue weighted by Crippen LogP contribution is 2.46. The number of para-hydroxylation sites is 1. The third kappa shape index (κ3) is 2.76. The lowest BCUT2D eigenvalue weighted by Gasteiger charge is -2.25. The van der Waals surface area contributed by atoms with Gasteiger partial charge in [0.1, 0.15) is 23.7 Å². The fourth-order valence-corrected chi connectivity index (χ4v) is 4.64. The fourth-order valence-electron chi connectivity index (χ4n) is 4.64. The minimum Gasteiger partial charge on any atom is -0.464 e. The molecule has 2 aromatic carbocycles. The van der Waals surface area contributed by atoms with Crippen molar-refractivity contribution in [2.24, 2.45) is 11.8 Å². The van der Waals surface area contributed by atoms with Crippen LogP contribution in [-0.2, 0) is 19.1 Å². The smallest absolute Gasteiger partial charge is 0.368 e. The number of nitrogens with two attached hydrogens (primary N) is 1. The Kier molecular flexibility index (Phi) is 4.50. The van der Waals surface area contributed by atoms with Crippen LogP contribution >= 0.6 is 0 Å². The molecule has 7 heteroatoms. The molecule has 2 N–H and O–H groups in total. The highest BCUT2D eigenvalue weighted by Gasteiger charge is 2.71. The predicted octanol–water partition coefficient (Wildman–Crippen LogP) is 1.49. The molecular formula is C22H22FN2O4+. The number of carbonyl (C=O) groups excluding carboxylic acids is 3. The third-order valence-electron chi connectivity index (χ3n) is 6.09. The van der Waals surface area contributed by atoms with Gasteiger partial charge in [0.2, 0.25) is 17.4 Å². The normalized spacial score (nSPS) is 28.6. The Morgan fingerprint density at radius 1 is 1.10 bits per heavy atom. The maximum Gasteiger partial charge on any atom is 0.368 e. The standard InChI is InChI=1S/C22H21FN2O4/c1-12-8-10-13(11-9-12)18-16-17(22(2,24-18)21(28)29-3)20(27)25(19(16)26)15-7-5-4-6-14(15)23/h4-11,16-18,24H,1-3H3/p+1/t16-,17+,18-,22+/m1/s1. The van der Waals surface area contributed by atoms with Gasteiger partial charge in [-0.05, 0) is 19.1 Å². The Balaban J connectivity index is 1.84. The monoisotopic (exact) mass is 397 g/mol. The summed E-state index contributed by atoms with van der Waals surface area (Å²) in [5, 5.41) is 1.74. The Morgan fingerprint density at radius 2 is 1.76 bits per heavy atom. The predicted molar refractivity (Wildman–Crippen MR) is 102 cm³/mol. The molecule has 0 spiro atoms.